The topological polar surface area (TPSA) is 0 Å². The third-order valence-corrected chi connectivity index (χ3v) is 4.52. The molecule has 0 amide bonds. The zero-order chi connectivity index (χ0) is 9.60. The molecule has 2 aliphatic rings. The van der Waals surface area contributed by atoms with Crippen LogP contribution in [-0.2, 0) is 11.8 Å². The average molecular weight is 298 g/mol. The molecule has 0 aromatic heterocycles. The van der Waals surface area contributed by atoms with Gasteiger partial charge < -0.3 is 0 Å². The van der Waals surface area contributed by atoms with Crippen LogP contribution in [0.2, 0.25) is 0 Å². The molecule has 1 heteroatoms. The molecule has 0 unspecified atom stereocenters. The van der Waals surface area contributed by atoms with Gasteiger partial charge in [0, 0.05) is 3.57 Å². The minimum atomic E-state index is 0.632. The second-order valence-corrected chi connectivity index (χ2v) is 6.03. The Morgan fingerprint density at radius 1 is 1.07 bits per heavy atom. The molecule has 1 spiro atoms. The van der Waals surface area contributed by atoms with Crippen LogP contribution >= 0.6 is 22.6 Å². The molecule has 74 valence electrons. The van der Waals surface area contributed by atoms with E-state index >= 15 is 0 Å². The minimum Gasteiger partial charge on any atom is -0.0577 e. The number of rotatable bonds is 0. The Morgan fingerprint density at radius 3 is 2.71 bits per heavy atom. The molecule has 0 nitrogen and oxygen atoms in total. The predicted octanol–water partition coefficient (Wildman–Crippen LogP) is 4.05. The largest absolute Gasteiger partial charge is 0.0577 e. The van der Waals surface area contributed by atoms with Crippen molar-refractivity contribution in [3.8, 4) is 0 Å². The molecule has 1 aromatic rings. The summed E-state index contributed by atoms with van der Waals surface area (Å²) in [4.78, 5) is 0. The van der Waals surface area contributed by atoms with Crippen molar-refractivity contribution >= 4 is 22.6 Å². The van der Waals surface area contributed by atoms with Crippen molar-refractivity contribution in [1.82, 2.24) is 0 Å². The van der Waals surface area contributed by atoms with Crippen LogP contribution in [-0.4, -0.2) is 0 Å². The monoisotopic (exact) mass is 298 g/mol. The Labute approximate surface area is 99.2 Å². The number of aryl methyl sites for hydroxylation is 1. The number of fused-ring (bicyclic) bond motifs is 2. The predicted molar refractivity (Wildman–Crippen MR) is 67.6 cm³/mol. The minimum absolute atomic E-state index is 0.632. The lowest BCUT2D eigenvalue weighted by atomic mass is 9.90. The van der Waals surface area contributed by atoms with E-state index in [1.807, 2.05) is 0 Å². The van der Waals surface area contributed by atoms with Gasteiger partial charge in [-0.25, -0.2) is 0 Å². The van der Waals surface area contributed by atoms with Gasteiger partial charge in [0.05, 0.1) is 0 Å². The van der Waals surface area contributed by atoms with Gasteiger partial charge in [0.25, 0.3) is 0 Å². The maximum Gasteiger partial charge on any atom is 0.0133 e. The SMILES string of the molecule is Ic1ccc2c(c1)C1(CCCC2)CC1. The summed E-state index contributed by atoms with van der Waals surface area (Å²) in [5, 5.41) is 0. The van der Waals surface area contributed by atoms with Crippen molar-refractivity contribution in [2.75, 3.05) is 0 Å². The van der Waals surface area contributed by atoms with Crippen molar-refractivity contribution in [2.45, 2.75) is 43.9 Å². The van der Waals surface area contributed by atoms with E-state index < -0.39 is 0 Å². The second kappa shape index (κ2) is 3.22. The summed E-state index contributed by atoms with van der Waals surface area (Å²) in [6.45, 7) is 0. The van der Waals surface area contributed by atoms with E-state index in [0.29, 0.717) is 5.41 Å². The van der Waals surface area contributed by atoms with E-state index in [1.165, 1.54) is 42.1 Å². The summed E-state index contributed by atoms with van der Waals surface area (Å²) in [6.07, 6.45) is 8.48. The van der Waals surface area contributed by atoms with Crippen LogP contribution in [0.5, 0.6) is 0 Å². The molecule has 1 aromatic carbocycles. The van der Waals surface area contributed by atoms with Crippen LogP contribution < -0.4 is 0 Å². The molecule has 0 radical (unpaired) electrons. The lowest BCUT2D eigenvalue weighted by Gasteiger charge is -2.16. The fourth-order valence-electron chi connectivity index (χ4n) is 2.84. The van der Waals surface area contributed by atoms with Gasteiger partial charge in [0.1, 0.15) is 0 Å². The summed E-state index contributed by atoms with van der Waals surface area (Å²) < 4.78 is 1.41. The first kappa shape index (κ1) is 9.20. The first-order chi connectivity index (χ1) is 6.80. The Bertz CT molecular complexity index is 363. The smallest absolute Gasteiger partial charge is 0.0133 e. The third kappa shape index (κ3) is 1.40. The Balaban J connectivity index is 2.13. The number of halogens is 1. The molecular formula is C13H15I. The standard InChI is InChI=1S/C13H15I/c14-11-5-4-10-3-1-2-6-13(7-8-13)12(10)9-11/h4-5,9H,1-3,6-8H2. The molecule has 1 fully saturated rings. The summed E-state index contributed by atoms with van der Waals surface area (Å²) in [6, 6.07) is 7.07. The van der Waals surface area contributed by atoms with E-state index in [-0.39, 0.29) is 0 Å². The number of hydrogen-bond donors (Lipinski definition) is 0. The van der Waals surface area contributed by atoms with Gasteiger partial charge in [-0.2, -0.15) is 0 Å². The van der Waals surface area contributed by atoms with Gasteiger partial charge in [-0.15, -0.1) is 0 Å². The first-order valence-corrected chi connectivity index (χ1v) is 6.67. The van der Waals surface area contributed by atoms with Crippen molar-refractivity contribution in [3.63, 3.8) is 0 Å². The maximum absolute atomic E-state index is 2.44. The second-order valence-electron chi connectivity index (χ2n) is 4.79. The van der Waals surface area contributed by atoms with E-state index in [4.69, 9.17) is 0 Å². The molecular weight excluding hydrogens is 283 g/mol. The zero-order valence-corrected chi connectivity index (χ0v) is 10.5. The number of hydrogen-bond acceptors (Lipinski definition) is 0. The van der Waals surface area contributed by atoms with Gasteiger partial charge in [-0.1, -0.05) is 12.5 Å². The van der Waals surface area contributed by atoms with Crippen LogP contribution in [0.1, 0.15) is 43.2 Å². The van der Waals surface area contributed by atoms with Crippen molar-refractivity contribution in [3.05, 3.63) is 32.9 Å². The van der Waals surface area contributed by atoms with Gasteiger partial charge in [0.15, 0.2) is 0 Å². The van der Waals surface area contributed by atoms with Gasteiger partial charge in [0.2, 0.25) is 0 Å². The Morgan fingerprint density at radius 2 is 1.93 bits per heavy atom. The lowest BCUT2D eigenvalue weighted by molar-refractivity contribution is 0.588. The Hall–Kier alpha value is -0.0500. The lowest BCUT2D eigenvalue weighted by Crippen LogP contribution is -2.07. The molecule has 0 saturated heterocycles. The van der Waals surface area contributed by atoms with Crippen LogP contribution in [0, 0.1) is 3.57 Å². The van der Waals surface area contributed by atoms with E-state index in [1.54, 1.807) is 11.1 Å². The van der Waals surface area contributed by atoms with E-state index in [0.717, 1.165) is 0 Å². The quantitative estimate of drug-likeness (QED) is 0.634. The molecule has 14 heavy (non-hydrogen) atoms. The average Bonchev–Trinajstić information content (AvgIpc) is 2.97. The summed E-state index contributed by atoms with van der Waals surface area (Å²) in [5.74, 6) is 0. The zero-order valence-electron chi connectivity index (χ0n) is 8.35. The summed E-state index contributed by atoms with van der Waals surface area (Å²) in [5.41, 5.74) is 3.97. The summed E-state index contributed by atoms with van der Waals surface area (Å²) in [7, 11) is 0. The molecule has 0 aliphatic heterocycles. The van der Waals surface area contributed by atoms with Crippen LogP contribution in [0.3, 0.4) is 0 Å². The normalized spacial score (nSPS) is 22.9. The van der Waals surface area contributed by atoms with E-state index in [9.17, 15) is 0 Å². The van der Waals surface area contributed by atoms with Crippen molar-refractivity contribution in [2.24, 2.45) is 0 Å². The molecule has 2 aliphatic carbocycles. The Kier molecular flexibility index (Phi) is 2.12. The van der Waals surface area contributed by atoms with Crippen LogP contribution in [0.25, 0.3) is 0 Å². The highest BCUT2D eigenvalue weighted by Crippen LogP contribution is 2.54. The molecule has 0 N–H and O–H groups in total. The molecule has 0 atom stereocenters. The molecule has 0 heterocycles. The maximum atomic E-state index is 2.44. The molecule has 3 rings (SSSR count). The highest BCUT2D eigenvalue weighted by atomic mass is 127. The molecule has 1 saturated carbocycles. The number of benzene rings is 1. The molecule has 0 bridgehead atoms. The van der Waals surface area contributed by atoms with Gasteiger partial charge in [-0.05, 0) is 83.4 Å². The highest BCUT2D eigenvalue weighted by Gasteiger charge is 2.45. The van der Waals surface area contributed by atoms with Crippen molar-refractivity contribution in [1.29, 1.82) is 0 Å². The van der Waals surface area contributed by atoms with E-state index in [2.05, 4.69) is 40.8 Å². The third-order valence-electron chi connectivity index (χ3n) is 3.85. The van der Waals surface area contributed by atoms with Crippen LogP contribution in [0.15, 0.2) is 18.2 Å². The van der Waals surface area contributed by atoms with Gasteiger partial charge in [-0.3, -0.25) is 0 Å². The summed E-state index contributed by atoms with van der Waals surface area (Å²) >= 11 is 2.44. The fraction of sp³-hybridized carbons (Fsp3) is 0.538. The van der Waals surface area contributed by atoms with Crippen LogP contribution in [0.4, 0.5) is 0 Å². The first-order valence-electron chi connectivity index (χ1n) is 5.59. The van der Waals surface area contributed by atoms with Crippen molar-refractivity contribution < 1.29 is 0 Å². The van der Waals surface area contributed by atoms with Gasteiger partial charge >= 0.3 is 0 Å². The fourth-order valence-corrected chi connectivity index (χ4v) is 3.34. The highest BCUT2D eigenvalue weighted by molar-refractivity contribution is 14.1.